The van der Waals surface area contributed by atoms with Crippen molar-refractivity contribution in [1.29, 1.82) is 0 Å². The summed E-state index contributed by atoms with van der Waals surface area (Å²) in [4.78, 5) is 14.2. The van der Waals surface area contributed by atoms with E-state index < -0.39 is 17.1 Å². The predicted octanol–water partition coefficient (Wildman–Crippen LogP) is 5.85. The van der Waals surface area contributed by atoms with Gasteiger partial charge in [-0.3, -0.25) is 0 Å². The summed E-state index contributed by atoms with van der Waals surface area (Å²) in [5.41, 5.74) is 3.40. The van der Waals surface area contributed by atoms with Crippen molar-refractivity contribution in [2.75, 3.05) is 11.0 Å². The number of carboxylic acid groups (broad SMARTS) is 1. The van der Waals surface area contributed by atoms with Crippen molar-refractivity contribution >= 4 is 46.1 Å². The molecule has 1 fully saturated rings. The summed E-state index contributed by atoms with van der Waals surface area (Å²) in [6, 6.07) is 15.2. The summed E-state index contributed by atoms with van der Waals surface area (Å²) in [7, 11) is 0. The van der Waals surface area contributed by atoms with Gasteiger partial charge in [0.1, 0.15) is 6.26 Å². The van der Waals surface area contributed by atoms with Crippen LogP contribution in [0.5, 0.6) is 0 Å². The molecule has 0 amide bonds. The summed E-state index contributed by atoms with van der Waals surface area (Å²) in [6.45, 7) is 0. The molecule has 4 rings (SSSR count). The lowest BCUT2D eigenvalue weighted by molar-refractivity contribution is 0.0696. The highest BCUT2D eigenvalue weighted by Crippen LogP contribution is 2.45. The van der Waals surface area contributed by atoms with Gasteiger partial charge in [-0.15, -0.1) is 11.3 Å². The molecule has 1 aliphatic rings. The van der Waals surface area contributed by atoms with Crippen LogP contribution in [0.4, 0.5) is 5.69 Å². The molecule has 1 aromatic heterocycles. The number of anilines is 1. The largest absolute Gasteiger partial charge is 0.612 e. The van der Waals surface area contributed by atoms with Crippen molar-refractivity contribution in [3.8, 4) is 10.4 Å². The molecule has 28 heavy (non-hydrogen) atoms. The Morgan fingerprint density at radius 3 is 2.71 bits per heavy atom. The molecular weight excluding hydrogens is 410 g/mol. The maximum atomic E-state index is 12.0. The first kappa shape index (κ1) is 19.4. The van der Waals surface area contributed by atoms with E-state index in [0.29, 0.717) is 5.92 Å². The number of nitrogens with one attached hydrogen (secondary N) is 1. The van der Waals surface area contributed by atoms with E-state index in [2.05, 4.69) is 10.8 Å². The standard InChI is InChI=1S/C21H19NO3S3/c1-28(25)15-7-9-17(19-3-2-10-26-19)18(12-15)22-27-20-11-14(21(23)24)6-8-16(20)13-4-5-13/h2-3,6-13,22H,4-5H2,1H3,(H,23,24). The first-order valence-corrected chi connectivity index (χ1v) is 12.1. The smallest absolute Gasteiger partial charge is 0.335 e. The molecule has 0 saturated heterocycles. The Balaban J connectivity index is 1.67. The lowest BCUT2D eigenvalue weighted by atomic mass is 10.1. The van der Waals surface area contributed by atoms with E-state index in [4.69, 9.17) is 0 Å². The second-order valence-electron chi connectivity index (χ2n) is 6.67. The van der Waals surface area contributed by atoms with Gasteiger partial charge in [-0.1, -0.05) is 12.1 Å². The second-order valence-corrected chi connectivity index (χ2v) is 9.85. The zero-order valence-corrected chi connectivity index (χ0v) is 17.6. The van der Waals surface area contributed by atoms with Crippen molar-refractivity contribution in [1.82, 2.24) is 0 Å². The molecule has 3 aromatic rings. The summed E-state index contributed by atoms with van der Waals surface area (Å²) in [5.74, 6) is -0.412. The van der Waals surface area contributed by atoms with E-state index in [-0.39, 0.29) is 5.56 Å². The van der Waals surface area contributed by atoms with Crippen LogP contribution in [0.15, 0.2) is 63.7 Å². The third kappa shape index (κ3) is 4.22. The number of hydrogen-bond acceptors (Lipinski definition) is 5. The minimum atomic E-state index is -1.08. The Labute approximate surface area is 175 Å². The van der Waals surface area contributed by atoms with E-state index in [1.54, 1.807) is 29.7 Å². The molecule has 2 N–H and O–H groups in total. The topological polar surface area (TPSA) is 72.4 Å². The van der Waals surface area contributed by atoms with Gasteiger partial charge in [0.05, 0.1) is 11.3 Å². The Morgan fingerprint density at radius 1 is 1.25 bits per heavy atom. The summed E-state index contributed by atoms with van der Waals surface area (Å²) in [5, 5.41) is 11.4. The number of rotatable bonds is 7. The van der Waals surface area contributed by atoms with Crippen molar-refractivity contribution in [3.05, 3.63) is 65.0 Å². The van der Waals surface area contributed by atoms with Crippen LogP contribution in [0.3, 0.4) is 0 Å². The van der Waals surface area contributed by atoms with E-state index >= 15 is 0 Å². The van der Waals surface area contributed by atoms with Gasteiger partial charge in [-0.05, 0) is 83.2 Å². The SMILES string of the molecule is C[S+]([O-])c1ccc(-c2cccs2)c(NSc2cc(C(=O)O)ccc2C2CC2)c1. The van der Waals surface area contributed by atoms with Gasteiger partial charge >= 0.3 is 5.97 Å². The van der Waals surface area contributed by atoms with Gasteiger partial charge < -0.3 is 14.4 Å². The molecule has 4 nitrogen and oxygen atoms in total. The number of hydrogen-bond donors (Lipinski definition) is 2. The normalized spacial score (nSPS) is 14.6. The van der Waals surface area contributed by atoms with Crippen LogP contribution in [0.25, 0.3) is 10.4 Å². The number of aromatic carboxylic acids is 1. The van der Waals surface area contributed by atoms with Crippen LogP contribution < -0.4 is 4.72 Å². The average molecular weight is 430 g/mol. The Hall–Kier alpha value is -1.93. The minimum absolute atomic E-state index is 0.288. The van der Waals surface area contributed by atoms with E-state index in [9.17, 15) is 14.5 Å². The Morgan fingerprint density at radius 2 is 2.07 bits per heavy atom. The number of carbonyl (C=O) groups is 1. The molecule has 0 radical (unpaired) electrons. The summed E-state index contributed by atoms with van der Waals surface area (Å²) >= 11 is 1.99. The fraction of sp³-hybridized carbons (Fsp3) is 0.190. The molecule has 0 spiro atoms. The molecule has 0 aliphatic heterocycles. The number of benzene rings is 2. The molecule has 1 heterocycles. The Bertz CT molecular complexity index is 998. The fourth-order valence-electron chi connectivity index (χ4n) is 3.03. The molecular formula is C21H19NO3S3. The molecule has 7 heteroatoms. The Kier molecular flexibility index (Phi) is 5.68. The minimum Gasteiger partial charge on any atom is -0.612 e. The summed E-state index contributed by atoms with van der Waals surface area (Å²) in [6.07, 6.45) is 3.95. The van der Waals surface area contributed by atoms with E-state index in [0.717, 1.165) is 38.8 Å². The molecule has 1 unspecified atom stereocenters. The van der Waals surface area contributed by atoms with E-state index in [1.807, 2.05) is 35.7 Å². The van der Waals surface area contributed by atoms with Crippen LogP contribution in [-0.2, 0) is 11.2 Å². The first-order valence-electron chi connectivity index (χ1n) is 8.84. The quantitative estimate of drug-likeness (QED) is 0.364. The number of carboxylic acids is 1. The summed E-state index contributed by atoms with van der Waals surface area (Å²) < 4.78 is 15.4. The van der Waals surface area contributed by atoms with Crippen LogP contribution in [0, 0.1) is 0 Å². The average Bonchev–Trinajstić information content (AvgIpc) is 3.39. The van der Waals surface area contributed by atoms with Crippen LogP contribution >= 0.6 is 23.3 Å². The van der Waals surface area contributed by atoms with E-state index in [1.165, 1.54) is 17.5 Å². The second kappa shape index (κ2) is 8.21. The van der Waals surface area contributed by atoms with Crippen molar-refractivity contribution in [2.45, 2.75) is 28.6 Å². The molecule has 0 bridgehead atoms. The van der Waals surface area contributed by atoms with Crippen LogP contribution in [0.1, 0.15) is 34.7 Å². The molecule has 144 valence electrons. The van der Waals surface area contributed by atoms with Gasteiger partial charge in [0.25, 0.3) is 0 Å². The van der Waals surface area contributed by atoms with Gasteiger partial charge in [0, 0.05) is 21.4 Å². The van der Waals surface area contributed by atoms with Crippen LogP contribution in [-0.4, -0.2) is 21.9 Å². The predicted molar refractivity (Wildman–Crippen MR) is 117 cm³/mol. The lowest BCUT2D eigenvalue weighted by Gasteiger charge is -2.15. The molecule has 1 atom stereocenters. The van der Waals surface area contributed by atoms with Crippen molar-refractivity contribution in [2.24, 2.45) is 0 Å². The van der Waals surface area contributed by atoms with Gasteiger partial charge in [-0.2, -0.15) is 0 Å². The highest BCUT2D eigenvalue weighted by atomic mass is 32.2. The van der Waals surface area contributed by atoms with Gasteiger partial charge in [0.15, 0.2) is 4.90 Å². The number of thiophene rings is 1. The maximum Gasteiger partial charge on any atom is 0.335 e. The third-order valence-corrected chi connectivity index (χ3v) is 7.37. The molecule has 2 aromatic carbocycles. The highest BCUT2D eigenvalue weighted by Gasteiger charge is 2.27. The molecule has 1 saturated carbocycles. The van der Waals surface area contributed by atoms with Gasteiger partial charge in [0.2, 0.25) is 0 Å². The van der Waals surface area contributed by atoms with Gasteiger partial charge in [-0.25, -0.2) is 4.79 Å². The monoisotopic (exact) mass is 429 g/mol. The first-order chi connectivity index (χ1) is 13.5. The fourth-order valence-corrected chi connectivity index (χ4v) is 5.27. The third-order valence-electron chi connectivity index (χ3n) is 4.66. The maximum absolute atomic E-state index is 12.0. The highest BCUT2D eigenvalue weighted by molar-refractivity contribution is 8.00. The van der Waals surface area contributed by atoms with Crippen molar-refractivity contribution < 1.29 is 14.5 Å². The van der Waals surface area contributed by atoms with Crippen LogP contribution in [0.2, 0.25) is 0 Å². The molecule has 1 aliphatic carbocycles. The van der Waals surface area contributed by atoms with Crippen molar-refractivity contribution in [3.63, 3.8) is 0 Å². The zero-order valence-electron chi connectivity index (χ0n) is 15.2. The lowest BCUT2D eigenvalue weighted by Crippen LogP contribution is -2.01. The zero-order chi connectivity index (χ0) is 19.7.